The van der Waals surface area contributed by atoms with Gasteiger partial charge in [0.2, 0.25) is 6.23 Å². The molecule has 2 rings (SSSR count). The largest absolute Gasteiger partial charge is 0.510 e. The highest BCUT2D eigenvalue weighted by Gasteiger charge is 2.45. The molecule has 0 spiro atoms. The van der Waals surface area contributed by atoms with Gasteiger partial charge in [-0.1, -0.05) is 23.7 Å². The van der Waals surface area contributed by atoms with Gasteiger partial charge in [0.15, 0.2) is 0 Å². The van der Waals surface area contributed by atoms with E-state index in [1.165, 1.54) is 16.9 Å². The van der Waals surface area contributed by atoms with E-state index in [1.54, 1.807) is 31.3 Å². The Morgan fingerprint density at radius 2 is 2.05 bits per heavy atom. The van der Waals surface area contributed by atoms with Gasteiger partial charge in [-0.3, -0.25) is 9.59 Å². The number of hydrogen-bond acceptors (Lipinski definition) is 5. The number of amides is 1. The summed E-state index contributed by atoms with van der Waals surface area (Å²) < 4.78 is 5.13. The van der Waals surface area contributed by atoms with E-state index in [1.807, 2.05) is 0 Å². The minimum Gasteiger partial charge on any atom is -0.510 e. The van der Waals surface area contributed by atoms with Gasteiger partial charge in [-0.25, -0.2) is 5.01 Å². The first-order valence-corrected chi connectivity index (χ1v) is 7.26. The smallest absolute Gasteiger partial charge is 0.304 e. The molecule has 1 amide bonds. The Hall–Kier alpha value is -1.76. The molecule has 1 aliphatic heterocycles. The van der Waals surface area contributed by atoms with Crippen molar-refractivity contribution in [2.45, 2.75) is 13.2 Å². The van der Waals surface area contributed by atoms with Crippen molar-refractivity contribution in [3.63, 3.8) is 0 Å². The molecule has 118 valence electrons. The molecule has 0 saturated carbocycles. The molecule has 1 aromatic carbocycles. The zero-order chi connectivity index (χ0) is 16.4. The SMILES string of the molecule is CC(=O)OC1C(=C(O)CCl)C(=O)N(c2ccccc2Cl)N1C. The Labute approximate surface area is 137 Å². The van der Waals surface area contributed by atoms with E-state index in [-0.39, 0.29) is 17.2 Å². The van der Waals surface area contributed by atoms with E-state index in [0.29, 0.717) is 10.7 Å². The van der Waals surface area contributed by atoms with Gasteiger partial charge in [-0.05, 0) is 12.1 Å². The predicted octanol–water partition coefficient (Wildman–Crippen LogP) is 2.47. The minimum atomic E-state index is -1.07. The van der Waals surface area contributed by atoms with E-state index in [9.17, 15) is 14.7 Å². The molecule has 1 heterocycles. The number of ether oxygens (including phenoxy) is 1. The van der Waals surface area contributed by atoms with E-state index in [2.05, 4.69) is 0 Å². The lowest BCUT2D eigenvalue weighted by Gasteiger charge is -2.27. The standard InChI is InChI=1S/C14H14Cl2N2O4/c1-8(19)22-14-12(11(20)7-15)13(21)18(17(14)2)10-6-4-3-5-9(10)16/h3-6,14,20H,7H2,1-2H3. The Balaban J connectivity index is 2.53. The normalized spacial score (nSPS) is 21.2. The van der Waals surface area contributed by atoms with Gasteiger partial charge in [-0.2, -0.15) is 5.01 Å². The predicted molar refractivity (Wildman–Crippen MR) is 82.6 cm³/mol. The number of carbonyl (C=O) groups excluding carboxylic acids is 2. The van der Waals surface area contributed by atoms with Crippen LogP contribution in [0.1, 0.15) is 6.92 Å². The number of hydrogen-bond donors (Lipinski definition) is 1. The summed E-state index contributed by atoms with van der Waals surface area (Å²) >= 11 is 11.7. The zero-order valence-corrected chi connectivity index (χ0v) is 13.4. The molecule has 1 aliphatic rings. The van der Waals surface area contributed by atoms with Crippen LogP contribution in [0, 0.1) is 0 Å². The van der Waals surface area contributed by atoms with E-state index >= 15 is 0 Å². The molecule has 1 unspecified atom stereocenters. The second-order valence-corrected chi connectivity index (χ2v) is 5.27. The summed E-state index contributed by atoms with van der Waals surface area (Å²) in [5, 5.41) is 12.9. The van der Waals surface area contributed by atoms with Gasteiger partial charge in [0.05, 0.1) is 16.6 Å². The lowest BCUT2D eigenvalue weighted by atomic mass is 10.2. The first kappa shape index (κ1) is 16.6. The molecule has 1 saturated heterocycles. The Morgan fingerprint density at radius 1 is 1.41 bits per heavy atom. The molecule has 1 fully saturated rings. The number of carbonyl (C=O) groups is 2. The molecule has 22 heavy (non-hydrogen) atoms. The number of rotatable bonds is 3. The molecule has 0 aromatic heterocycles. The molecule has 6 nitrogen and oxygen atoms in total. The van der Waals surface area contributed by atoms with Gasteiger partial charge in [0.1, 0.15) is 11.3 Å². The second-order valence-electron chi connectivity index (χ2n) is 4.60. The maximum atomic E-state index is 12.6. The number of halogens is 2. The highest BCUT2D eigenvalue weighted by molar-refractivity contribution is 6.34. The van der Waals surface area contributed by atoms with Crippen LogP contribution < -0.4 is 5.01 Å². The van der Waals surface area contributed by atoms with Crippen LogP contribution in [0.5, 0.6) is 0 Å². The average molecular weight is 345 g/mol. The van der Waals surface area contributed by atoms with Crippen LogP contribution in [0.15, 0.2) is 35.6 Å². The van der Waals surface area contributed by atoms with E-state index in [0.717, 1.165) is 0 Å². The first-order valence-electron chi connectivity index (χ1n) is 6.35. The quantitative estimate of drug-likeness (QED) is 0.394. The Bertz CT molecular complexity index is 647. The van der Waals surface area contributed by atoms with Gasteiger partial charge < -0.3 is 9.84 Å². The average Bonchev–Trinajstić information content (AvgIpc) is 2.70. The maximum Gasteiger partial charge on any atom is 0.304 e. The van der Waals surface area contributed by atoms with Crippen molar-refractivity contribution in [2.75, 3.05) is 17.9 Å². The van der Waals surface area contributed by atoms with E-state index < -0.39 is 18.1 Å². The zero-order valence-electron chi connectivity index (χ0n) is 11.9. The van der Waals surface area contributed by atoms with E-state index in [4.69, 9.17) is 27.9 Å². The monoisotopic (exact) mass is 344 g/mol. The lowest BCUT2D eigenvalue weighted by molar-refractivity contribution is -0.150. The summed E-state index contributed by atoms with van der Waals surface area (Å²) in [6.45, 7) is 1.21. The number of aliphatic hydroxyl groups excluding tert-OH is 1. The summed E-state index contributed by atoms with van der Waals surface area (Å²) in [5.74, 6) is -1.77. The second kappa shape index (κ2) is 6.56. The number of para-hydroxylation sites is 1. The minimum absolute atomic E-state index is 0.0902. The third-order valence-electron chi connectivity index (χ3n) is 3.12. The summed E-state index contributed by atoms with van der Waals surface area (Å²) in [6, 6.07) is 6.71. The van der Waals surface area contributed by atoms with Crippen LogP contribution in [0.25, 0.3) is 0 Å². The Morgan fingerprint density at radius 3 is 2.59 bits per heavy atom. The number of alkyl halides is 1. The summed E-state index contributed by atoms with van der Waals surface area (Å²) in [4.78, 5) is 23.9. The fourth-order valence-corrected chi connectivity index (χ4v) is 2.55. The fraction of sp³-hybridized carbons (Fsp3) is 0.286. The van der Waals surface area contributed by atoms with Crippen molar-refractivity contribution in [1.29, 1.82) is 0 Å². The maximum absolute atomic E-state index is 12.6. The van der Waals surface area contributed by atoms with Gasteiger partial charge in [0.25, 0.3) is 5.91 Å². The van der Waals surface area contributed by atoms with Crippen molar-refractivity contribution in [1.82, 2.24) is 5.01 Å². The summed E-state index contributed by atoms with van der Waals surface area (Å²) in [6.07, 6.45) is -1.07. The Kier molecular flexibility index (Phi) is 4.95. The molecular weight excluding hydrogens is 331 g/mol. The molecule has 0 radical (unpaired) electrons. The first-order chi connectivity index (χ1) is 10.4. The van der Waals surface area contributed by atoms with Crippen molar-refractivity contribution in [3.05, 3.63) is 40.6 Å². The number of likely N-dealkylation sites (N-methyl/N-ethyl adjacent to an activating group) is 1. The van der Waals surface area contributed by atoms with Crippen LogP contribution in [0.3, 0.4) is 0 Å². The molecule has 0 bridgehead atoms. The van der Waals surface area contributed by atoms with Crippen molar-refractivity contribution >= 4 is 40.8 Å². The third-order valence-corrected chi connectivity index (χ3v) is 3.69. The number of allylic oxidation sites excluding steroid dienone is 1. The highest BCUT2D eigenvalue weighted by Crippen LogP contribution is 2.35. The molecule has 1 N–H and O–H groups in total. The van der Waals surface area contributed by atoms with Crippen LogP contribution >= 0.6 is 23.2 Å². The van der Waals surface area contributed by atoms with Crippen LogP contribution in [0.2, 0.25) is 5.02 Å². The summed E-state index contributed by atoms with van der Waals surface area (Å²) in [7, 11) is 1.54. The van der Waals surface area contributed by atoms with Gasteiger partial charge in [0, 0.05) is 14.0 Å². The van der Waals surface area contributed by atoms with Crippen LogP contribution in [0.4, 0.5) is 5.69 Å². The van der Waals surface area contributed by atoms with Crippen LogP contribution in [-0.4, -0.2) is 41.1 Å². The number of benzene rings is 1. The van der Waals surface area contributed by atoms with Crippen molar-refractivity contribution in [2.24, 2.45) is 0 Å². The van der Waals surface area contributed by atoms with Crippen LogP contribution in [-0.2, 0) is 14.3 Å². The molecule has 0 aliphatic carbocycles. The fourth-order valence-electron chi connectivity index (χ4n) is 2.19. The van der Waals surface area contributed by atoms with Crippen molar-refractivity contribution < 1.29 is 19.4 Å². The van der Waals surface area contributed by atoms with Gasteiger partial charge in [-0.15, -0.1) is 11.6 Å². The third kappa shape index (κ3) is 2.90. The molecule has 1 atom stereocenters. The molecule has 1 aromatic rings. The highest BCUT2D eigenvalue weighted by atomic mass is 35.5. The number of hydrazine groups is 1. The molecule has 8 heteroatoms. The summed E-state index contributed by atoms with van der Waals surface area (Å²) in [5.41, 5.74) is 0.318. The topological polar surface area (TPSA) is 70.1 Å². The number of nitrogens with zero attached hydrogens (tertiary/aromatic N) is 2. The lowest BCUT2D eigenvalue weighted by Crippen LogP contribution is -2.41. The number of esters is 1. The number of anilines is 1. The molecular formula is C14H14Cl2N2O4. The van der Waals surface area contributed by atoms with Gasteiger partial charge >= 0.3 is 5.97 Å². The van der Waals surface area contributed by atoms with Crippen molar-refractivity contribution in [3.8, 4) is 0 Å². The number of aliphatic hydroxyl groups is 1.